The van der Waals surface area contributed by atoms with Crippen LogP contribution in [0.25, 0.3) is 0 Å². The number of anilines is 1. The number of nitrogens with one attached hydrogen (secondary N) is 1. The average Bonchev–Trinajstić information content (AvgIpc) is 2.73. The van der Waals surface area contributed by atoms with E-state index >= 15 is 0 Å². The topological polar surface area (TPSA) is 42.7 Å². The molecule has 0 amide bonds. The van der Waals surface area contributed by atoms with Gasteiger partial charge >= 0.3 is 0 Å². The van der Waals surface area contributed by atoms with Gasteiger partial charge in [0.2, 0.25) is 0 Å². The summed E-state index contributed by atoms with van der Waals surface area (Å²) in [5.74, 6) is 2.29. The number of hydrogen-bond donors (Lipinski definition) is 1. The highest BCUT2D eigenvalue weighted by atomic mass is 32.2. The molecule has 5 heteroatoms. The molecule has 1 N–H and O–H groups in total. The molecule has 1 saturated heterocycles. The summed E-state index contributed by atoms with van der Waals surface area (Å²) >= 11 is 2.06. The van der Waals surface area contributed by atoms with E-state index in [1.165, 1.54) is 18.6 Å². The van der Waals surface area contributed by atoms with E-state index in [1.807, 2.05) is 7.05 Å². The van der Waals surface area contributed by atoms with Gasteiger partial charge in [-0.05, 0) is 25.5 Å². The van der Waals surface area contributed by atoms with Crippen LogP contribution in [-0.2, 0) is 7.05 Å². The lowest BCUT2D eigenvalue weighted by molar-refractivity contribution is 0.628. The first-order valence-electron chi connectivity index (χ1n) is 4.92. The average molecular weight is 212 g/mol. The third-order valence-electron chi connectivity index (χ3n) is 2.66. The minimum Gasteiger partial charge on any atom is -0.368 e. The number of aromatic nitrogens is 3. The summed E-state index contributed by atoms with van der Waals surface area (Å²) in [7, 11) is 1.90. The largest absolute Gasteiger partial charge is 0.368 e. The molecule has 0 aliphatic carbocycles. The van der Waals surface area contributed by atoms with E-state index in [1.54, 1.807) is 10.9 Å². The zero-order valence-corrected chi connectivity index (χ0v) is 9.47. The second-order valence-electron chi connectivity index (χ2n) is 4.00. The predicted molar refractivity (Wildman–Crippen MR) is 59.6 cm³/mol. The van der Waals surface area contributed by atoms with Crippen LogP contribution in [0.15, 0.2) is 6.20 Å². The van der Waals surface area contributed by atoms with Crippen molar-refractivity contribution in [2.75, 3.05) is 17.6 Å². The molecule has 2 heterocycles. The van der Waals surface area contributed by atoms with Gasteiger partial charge in [0.1, 0.15) is 5.82 Å². The van der Waals surface area contributed by atoms with Gasteiger partial charge in [0.05, 0.1) is 6.20 Å². The van der Waals surface area contributed by atoms with Crippen molar-refractivity contribution in [2.24, 2.45) is 7.05 Å². The molecule has 1 aromatic rings. The summed E-state index contributed by atoms with van der Waals surface area (Å²) in [5, 5.41) is 11.1. The van der Waals surface area contributed by atoms with Crippen molar-refractivity contribution in [3.63, 3.8) is 0 Å². The molecule has 2 rings (SSSR count). The first kappa shape index (κ1) is 9.83. The Morgan fingerprint density at radius 2 is 2.57 bits per heavy atom. The van der Waals surface area contributed by atoms with Crippen LogP contribution in [0, 0.1) is 0 Å². The van der Waals surface area contributed by atoms with Crippen LogP contribution in [-0.4, -0.2) is 32.0 Å². The van der Waals surface area contributed by atoms with Crippen molar-refractivity contribution in [2.45, 2.75) is 24.5 Å². The summed E-state index contributed by atoms with van der Waals surface area (Å²) in [6, 6.07) is 0. The maximum atomic E-state index is 3.88. The van der Waals surface area contributed by atoms with Crippen LogP contribution in [0.4, 0.5) is 5.82 Å². The molecular weight excluding hydrogens is 196 g/mol. The maximum absolute atomic E-state index is 3.88. The van der Waals surface area contributed by atoms with Crippen molar-refractivity contribution in [3.05, 3.63) is 6.20 Å². The molecule has 0 radical (unpaired) electrons. The van der Waals surface area contributed by atoms with Gasteiger partial charge in [0.15, 0.2) is 0 Å². The lowest BCUT2D eigenvalue weighted by Crippen LogP contribution is -2.27. The van der Waals surface area contributed by atoms with Crippen LogP contribution in [0.2, 0.25) is 0 Å². The van der Waals surface area contributed by atoms with E-state index in [0.717, 1.165) is 12.4 Å². The Bertz CT molecular complexity index is 304. The van der Waals surface area contributed by atoms with E-state index in [4.69, 9.17) is 0 Å². The number of thioether (sulfide) groups is 1. The maximum Gasteiger partial charge on any atom is 0.144 e. The molecule has 1 atom stereocenters. The zero-order chi connectivity index (χ0) is 10.0. The van der Waals surface area contributed by atoms with E-state index in [-0.39, 0.29) is 0 Å². The summed E-state index contributed by atoms with van der Waals surface area (Å²) in [4.78, 5) is 0. The SMILES string of the molecule is Cn1nncc1NCC1(C)CCCS1. The lowest BCUT2D eigenvalue weighted by atomic mass is 10.1. The van der Waals surface area contributed by atoms with E-state index in [0.29, 0.717) is 4.75 Å². The lowest BCUT2D eigenvalue weighted by Gasteiger charge is -2.23. The van der Waals surface area contributed by atoms with Gasteiger partial charge in [0, 0.05) is 18.3 Å². The van der Waals surface area contributed by atoms with E-state index in [2.05, 4.69) is 34.3 Å². The number of rotatable bonds is 3. The number of hydrogen-bond acceptors (Lipinski definition) is 4. The standard InChI is InChI=1S/C9H16N4S/c1-9(4-3-5-14-9)7-10-8-6-11-12-13(8)2/h6,10H,3-5,7H2,1-2H3. The molecule has 0 aromatic carbocycles. The predicted octanol–water partition coefficient (Wildman–Crippen LogP) is 1.51. The number of aryl methyl sites for hydroxylation is 1. The molecule has 1 aliphatic rings. The van der Waals surface area contributed by atoms with Gasteiger partial charge in [-0.1, -0.05) is 5.21 Å². The molecule has 78 valence electrons. The second kappa shape index (κ2) is 3.81. The van der Waals surface area contributed by atoms with Gasteiger partial charge < -0.3 is 5.32 Å². The Kier molecular flexibility index (Phi) is 2.67. The Morgan fingerprint density at radius 1 is 1.71 bits per heavy atom. The Morgan fingerprint density at radius 3 is 3.14 bits per heavy atom. The first-order chi connectivity index (χ1) is 6.70. The van der Waals surface area contributed by atoms with Crippen LogP contribution in [0.5, 0.6) is 0 Å². The highest BCUT2D eigenvalue weighted by Gasteiger charge is 2.29. The second-order valence-corrected chi connectivity index (χ2v) is 5.68. The molecule has 14 heavy (non-hydrogen) atoms. The van der Waals surface area contributed by atoms with Crippen molar-refractivity contribution in [3.8, 4) is 0 Å². The quantitative estimate of drug-likeness (QED) is 0.825. The van der Waals surface area contributed by atoms with Gasteiger partial charge in [-0.3, -0.25) is 0 Å². The Labute approximate surface area is 88.4 Å². The summed E-state index contributed by atoms with van der Waals surface area (Å²) in [6.45, 7) is 3.32. The Hall–Kier alpha value is -0.710. The fraction of sp³-hybridized carbons (Fsp3) is 0.778. The van der Waals surface area contributed by atoms with E-state index in [9.17, 15) is 0 Å². The normalized spacial score (nSPS) is 26.7. The fourth-order valence-corrected chi connectivity index (χ4v) is 2.95. The van der Waals surface area contributed by atoms with Gasteiger partial charge in [-0.2, -0.15) is 11.8 Å². The molecular formula is C9H16N4S. The zero-order valence-electron chi connectivity index (χ0n) is 8.66. The van der Waals surface area contributed by atoms with Crippen LogP contribution < -0.4 is 5.32 Å². The summed E-state index contributed by atoms with van der Waals surface area (Å²) in [5.41, 5.74) is 0. The summed E-state index contributed by atoms with van der Waals surface area (Å²) < 4.78 is 2.16. The molecule has 1 aliphatic heterocycles. The minimum absolute atomic E-state index is 0.393. The molecule has 0 spiro atoms. The van der Waals surface area contributed by atoms with Crippen LogP contribution in [0.3, 0.4) is 0 Å². The third kappa shape index (κ3) is 2.03. The monoisotopic (exact) mass is 212 g/mol. The van der Waals surface area contributed by atoms with Gasteiger partial charge in [0.25, 0.3) is 0 Å². The van der Waals surface area contributed by atoms with E-state index < -0.39 is 0 Å². The van der Waals surface area contributed by atoms with Crippen molar-refractivity contribution >= 4 is 17.6 Å². The molecule has 4 nitrogen and oxygen atoms in total. The molecule has 1 aromatic heterocycles. The number of nitrogens with zero attached hydrogens (tertiary/aromatic N) is 3. The highest BCUT2D eigenvalue weighted by molar-refractivity contribution is 8.00. The fourth-order valence-electron chi connectivity index (χ4n) is 1.70. The molecule has 1 fully saturated rings. The molecule has 1 unspecified atom stereocenters. The molecule has 0 saturated carbocycles. The van der Waals surface area contributed by atoms with Crippen LogP contribution >= 0.6 is 11.8 Å². The highest BCUT2D eigenvalue weighted by Crippen LogP contribution is 2.37. The van der Waals surface area contributed by atoms with Crippen molar-refractivity contribution < 1.29 is 0 Å². The Balaban J connectivity index is 1.91. The summed E-state index contributed by atoms with van der Waals surface area (Å²) in [6.07, 6.45) is 4.41. The molecule has 0 bridgehead atoms. The smallest absolute Gasteiger partial charge is 0.144 e. The third-order valence-corrected chi connectivity index (χ3v) is 4.20. The van der Waals surface area contributed by atoms with Gasteiger partial charge in [-0.15, -0.1) is 5.10 Å². The van der Waals surface area contributed by atoms with Crippen molar-refractivity contribution in [1.82, 2.24) is 15.0 Å². The van der Waals surface area contributed by atoms with Crippen molar-refractivity contribution in [1.29, 1.82) is 0 Å². The minimum atomic E-state index is 0.393. The first-order valence-corrected chi connectivity index (χ1v) is 5.91. The van der Waals surface area contributed by atoms with Crippen LogP contribution in [0.1, 0.15) is 19.8 Å². The van der Waals surface area contributed by atoms with Gasteiger partial charge in [-0.25, -0.2) is 4.68 Å².